The van der Waals surface area contributed by atoms with Crippen LogP contribution in [0.15, 0.2) is 121 Å². The van der Waals surface area contributed by atoms with Crippen molar-refractivity contribution in [2.75, 3.05) is 0 Å². The van der Waals surface area contributed by atoms with E-state index in [1.54, 1.807) is 0 Å². The van der Waals surface area contributed by atoms with Crippen LogP contribution in [0.4, 0.5) is 0 Å². The van der Waals surface area contributed by atoms with Gasteiger partial charge in [0.15, 0.2) is 0 Å². The molecule has 0 N–H and O–H groups in total. The van der Waals surface area contributed by atoms with Gasteiger partial charge in [-0.05, 0) is 0 Å². The number of fused-ring (bicyclic) bond motifs is 3. The van der Waals surface area contributed by atoms with Crippen LogP contribution in [0, 0.1) is 19.9 Å². The molecule has 0 nitrogen and oxygen atoms in total. The van der Waals surface area contributed by atoms with Gasteiger partial charge >= 0.3 is 112 Å². The number of rotatable bonds is 2. The molecule has 0 fully saturated rings. The molecule has 36 heavy (non-hydrogen) atoms. The maximum Gasteiger partial charge on any atom is -0.0771 e. The number of aryl methyl sites for hydroxylation is 2. The van der Waals surface area contributed by atoms with Crippen LogP contribution in [0.1, 0.15) is 28.7 Å². The van der Waals surface area contributed by atoms with E-state index in [2.05, 4.69) is 129 Å². The van der Waals surface area contributed by atoms with E-state index < -0.39 is 0 Å². The summed E-state index contributed by atoms with van der Waals surface area (Å²) in [7, 11) is 0. The Bertz CT molecular complexity index is 1330. The Hall–Kier alpha value is -2.44. The zero-order chi connectivity index (χ0) is 23.8. The van der Waals surface area contributed by atoms with E-state index in [9.17, 15) is 0 Å². The Morgan fingerprint density at radius 3 is 1.47 bits per heavy atom. The van der Waals surface area contributed by atoms with Crippen LogP contribution in [-0.4, -0.2) is 3.21 Å². The monoisotopic (exact) mass is 584 g/mol. The minimum atomic E-state index is 0. The number of benzene rings is 4. The number of halogens is 2. The fourth-order valence-corrected chi connectivity index (χ4v) is 4.67. The first-order valence-corrected chi connectivity index (χ1v) is 12.8. The van der Waals surface area contributed by atoms with Crippen LogP contribution in [0.5, 0.6) is 0 Å². The van der Waals surface area contributed by atoms with E-state index in [1.807, 2.05) is 12.2 Å². The summed E-state index contributed by atoms with van der Waals surface area (Å²) in [6, 6.07) is 36.8. The van der Waals surface area contributed by atoms with Crippen LogP contribution >= 0.6 is 0 Å². The van der Waals surface area contributed by atoms with Gasteiger partial charge in [0.05, 0.1) is 0 Å². The van der Waals surface area contributed by atoms with E-state index in [4.69, 9.17) is 0 Å². The van der Waals surface area contributed by atoms with Gasteiger partial charge in [0, 0.05) is 0 Å². The van der Waals surface area contributed by atoms with Gasteiger partial charge < -0.3 is 24.8 Å². The molecular formula is C33H28Cl2Zr-2. The molecular weight excluding hydrogens is 558 g/mol. The van der Waals surface area contributed by atoms with Crippen molar-refractivity contribution in [1.82, 2.24) is 0 Å². The normalized spacial score (nSPS) is 11.0. The van der Waals surface area contributed by atoms with Crippen LogP contribution in [0.25, 0.3) is 21.5 Å². The topological polar surface area (TPSA) is 0 Å². The smallest absolute Gasteiger partial charge is 0.0771 e. The molecule has 0 heterocycles. The van der Waals surface area contributed by atoms with E-state index in [-0.39, 0.29) is 24.8 Å². The summed E-state index contributed by atoms with van der Waals surface area (Å²) in [4.78, 5) is 0. The minimum absolute atomic E-state index is 0. The first-order valence-electron chi connectivity index (χ1n) is 11.6. The third kappa shape index (κ3) is 8.04. The molecule has 6 rings (SSSR count). The van der Waals surface area contributed by atoms with Gasteiger partial charge in [-0.2, -0.15) is 6.08 Å². The molecule has 1 aliphatic carbocycles. The Morgan fingerprint density at radius 1 is 0.667 bits per heavy atom. The molecule has 0 spiro atoms. The zero-order valence-corrected chi connectivity index (χ0v) is 24.5. The van der Waals surface area contributed by atoms with Gasteiger partial charge in [-0.15, -0.1) is 46.2 Å². The largest absolute Gasteiger partial charge is 1.00 e. The van der Waals surface area contributed by atoms with Crippen molar-refractivity contribution in [3.63, 3.8) is 0 Å². The van der Waals surface area contributed by atoms with Crippen LogP contribution in [0.2, 0.25) is 0 Å². The Kier molecular flexibility index (Phi) is 12.4. The fraction of sp³-hybridized carbons (Fsp3) is 0.0909. The van der Waals surface area contributed by atoms with Gasteiger partial charge in [0.2, 0.25) is 0 Å². The van der Waals surface area contributed by atoms with Crippen molar-refractivity contribution in [3.8, 4) is 0 Å². The summed E-state index contributed by atoms with van der Waals surface area (Å²) in [6.45, 7) is 4.25. The average Bonchev–Trinajstić information content (AvgIpc) is 3.57. The predicted molar refractivity (Wildman–Crippen MR) is 144 cm³/mol. The van der Waals surface area contributed by atoms with Crippen LogP contribution in [-0.2, 0) is 24.2 Å². The summed E-state index contributed by atoms with van der Waals surface area (Å²) in [5, 5.41) is 5.39. The molecule has 0 atom stereocenters. The maximum absolute atomic E-state index is 2.99. The van der Waals surface area contributed by atoms with E-state index in [1.165, 1.54) is 71.2 Å². The third-order valence-electron chi connectivity index (χ3n) is 5.79. The second-order valence-corrected chi connectivity index (χ2v) is 9.66. The molecule has 1 aliphatic rings. The molecule has 0 radical (unpaired) electrons. The molecule has 0 amide bonds. The Labute approximate surface area is 242 Å². The van der Waals surface area contributed by atoms with E-state index in [0.29, 0.717) is 0 Å². The summed E-state index contributed by atoms with van der Waals surface area (Å²) in [6.07, 6.45) is 10.0. The molecule has 0 saturated heterocycles. The molecule has 0 saturated carbocycles. The summed E-state index contributed by atoms with van der Waals surface area (Å²) in [5.41, 5.74) is 5.31. The predicted octanol–water partition coefficient (Wildman–Crippen LogP) is 2.44. The van der Waals surface area contributed by atoms with Gasteiger partial charge in [-0.1, -0.05) is 36.4 Å². The van der Waals surface area contributed by atoms with Crippen LogP contribution < -0.4 is 24.8 Å². The Balaban J connectivity index is 0.000000205. The third-order valence-corrected chi connectivity index (χ3v) is 7.21. The van der Waals surface area contributed by atoms with Crippen molar-refractivity contribution in [1.29, 1.82) is 0 Å². The van der Waals surface area contributed by atoms with E-state index in [0.717, 1.165) is 6.42 Å². The second kappa shape index (κ2) is 15.0. The van der Waals surface area contributed by atoms with Crippen molar-refractivity contribution in [2.45, 2.75) is 20.3 Å². The summed E-state index contributed by atoms with van der Waals surface area (Å²) < 4.78 is 1.42. The molecule has 5 aromatic rings. The van der Waals surface area contributed by atoms with Gasteiger partial charge in [-0.25, -0.2) is 12.2 Å². The second-order valence-electron chi connectivity index (χ2n) is 8.43. The molecule has 0 aromatic heterocycles. The Morgan fingerprint density at radius 2 is 1.11 bits per heavy atom. The fourth-order valence-electron chi connectivity index (χ4n) is 3.85. The van der Waals surface area contributed by atoms with Gasteiger partial charge in [0.1, 0.15) is 0 Å². The molecule has 180 valence electrons. The zero-order valence-electron chi connectivity index (χ0n) is 20.5. The molecule has 0 aliphatic heterocycles. The van der Waals surface area contributed by atoms with Crippen molar-refractivity contribution < 1.29 is 49.0 Å². The number of hydrogen-bond donors (Lipinski definition) is 0. The summed E-state index contributed by atoms with van der Waals surface area (Å²) in [5.74, 6) is 0. The van der Waals surface area contributed by atoms with Crippen molar-refractivity contribution in [3.05, 3.63) is 150 Å². The standard InChI is InChI=1S/C15H14.C13H9.C5H5.2ClH.Zr/c1-12-3-7-14(8-4-12)11-15-9-5-13(2)6-10-15;1-3-7-12-10(5-1)9-11-6-2-4-8-13(11)12;1-2-4-5-3-1;;;/h3-10H,1-2H3;1-9H;1-3H,4H2;2*1H;/q;2*-1;;;+2/p-2. The first-order chi connectivity index (χ1) is 16.6. The van der Waals surface area contributed by atoms with E-state index >= 15 is 0 Å². The molecule has 0 bridgehead atoms. The van der Waals surface area contributed by atoms with Gasteiger partial charge in [0.25, 0.3) is 0 Å². The molecule has 0 unspecified atom stereocenters. The molecule has 3 heteroatoms. The van der Waals surface area contributed by atoms with Gasteiger partial charge in [-0.3, -0.25) is 6.08 Å². The van der Waals surface area contributed by atoms with Crippen molar-refractivity contribution in [2.24, 2.45) is 0 Å². The molecule has 5 aromatic carbocycles. The first kappa shape index (κ1) is 29.8. The number of hydrogen-bond acceptors (Lipinski definition) is 0. The summed E-state index contributed by atoms with van der Waals surface area (Å²) >= 11 is 1.46. The van der Waals surface area contributed by atoms with Crippen molar-refractivity contribution >= 4 is 24.8 Å². The quantitative estimate of drug-likeness (QED) is 0.279. The minimum Gasteiger partial charge on any atom is -1.00 e. The average molecular weight is 587 g/mol. The van der Waals surface area contributed by atoms with Crippen LogP contribution in [0.3, 0.4) is 0 Å². The maximum atomic E-state index is 2.99. The number of allylic oxidation sites excluding steroid dienone is 4. The SMILES string of the molecule is Cc1ccc([C](=[Zr+2])c2ccc(C)cc2)cc1.[C-]1=CC=CC1.[Cl-].[Cl-].c1ccc2c(c1)[cH-]c1ccccc12.